The second kappa shape index (κ2) is 4.62. The molecule has 0 unspecified atom stereocenters. The van der Waals surface area contributed by atoms with E-state index >= 15 is 0 Å². The molecule has 0 N–H and O–H groups in total. The van der Waals surface area contributed by atoms with E-state index in [1.165, 1.54) is 6.07 Å². The van der Waals surface area contributed by atoms with Gasteiger partial charge in [0.2, 0.25) is 0 Å². The normalized spacial score (nSPS) is 11.5. The summed E-state index contributed by atoms with van der Waals surface area (Å²) in [5.41, 5.74) is 1.97. The first-order valence-electron chi connectivity index (χ1n) is 5.17. The van der Waals surface area contributed by atoms with Gasteiger partial charge in [0.15, 0.2) is 0 Å². The Labute approximate surface area is 97.7 Å². The molecule has 0 amide bonds. The maximum absolute atomic E-state index is 12.3. The molecule has 2 aromatic rings. The molecule has 0 saturated carbocycles. The Morgan fingerprint density at radius 1 is 0.941 bits per heavy atom. The first-order valence-corrected chi connectivity index (χ1v) is 5.17. The summed E-state index contributed by atoms with van der Waals surface area (Å²) in [6.07, 6.45) is -5.05. The summed E-state index contributed by atoms with van der Waals surface area (Å²) in [6, 6.07) is 16.5. The summed E-state index contributed by atoms with van der Waals surface area (Å²) in [7, 11) is 0. The van der Waals surface area contributed by atoms with Crippen LogP contribution in [0.3, 0.4) is 0 Å². The van der Waals surface area contributed by atoms with E-state index in [9.17, 15) is 13.2 Å². The number of hydrogen-bond acceptors (Lipinski definition) is 0. The zero-order chi connectivity index (χ0) is 12.3. The van der Waals surface area contributed by atoms with Gasteiger partial charge in [-0.25, -0.2) is 0 Å². The van der Waals surface area contributed by atoms with Gasteiger partial charge in [-0.15, -0.1) is 0 Å². The Hall–Kier alpha value is -1.77. The van der Waals surface area contributed by atoms with Crippen molar-refractivity contribution in [3.63, 3.8) is 0 Å². The van der Waals surface area contributed by atoms with Gasteiger partial charge in [-0.1, -0.05) is 48.5 Å². The van der Waals surface area contributed by atoms with Gasteiger partial charge < -0.3 is 0 Å². The van der Waals surface area contributed by atoms with Crippen molar-refractivity contribution >= 4 is 0 Å². The van der Waals surface area contributed by atoms with E-state index in [-0.39, 0.29) is 5.56 Å². The van der Waals surface area contributed by atoms with E-state index in [0.717, 1.165) is 11.1 Å². The van der Waals surface area contributed by atoms with E-state index in [1.54, 1.807) is 30.3 Å². The van der Waals surface area contributed by atoms with Crippen molar-refractivity contribution < 1.29 is 13.2 Å². The Kier molecular flexibility index (Phi) is 3.18. The molecule has 0 saturated heterocycles. The number of alkyl halides is 3. The van der Waals surface area contributed by atoms with Gasteiger partial charge in [-0.05, 0) is 22.8 Å². The van der Waals surface area contributed by atoms with E-state index in [1.807, 2.05) is 12.1 Å². The smallest absolute Gasteiger partial charge is 0.171 e. The standard InChI is InChI=1S/C14H10F3/c15-14(16,17)10-11-5-4-8-13(9-11)12-6-2-1-3-7-12/h2-9H,10H2. The lowest BCUT2D eigenvalue weighted by atomic mass is 10.0. The van der Waals surface area contributed by atoms with Crippen LogP contribution in [-0.4, -0.2) is 6.18 Å². The van der Waals surface area contributed by atoms with Crippen molar-refractivity contribution in [2.75, 3.05) is 0 Å². The van der Waals surface area contributed by atoms with Crippen molar-refractivity contribution in [3.8, 4) is 11.1 Å². The van der Waals surface area contributed by atoms with Gasteiger partial charge in [0.05, 0.1) is 6.42 Å². The van der Waals surface area contributed by atoms with E-state index in [2.05, 4.69) is 6.07 Å². The molecule has 1 radical (unpaired) electrons. The van der Waals surface area contributed by atoms with Gasteiger partial charge in [-0.2, -0.15) is 13.2 Å². The second-order valence-corrected chi connectivity index (χ2v) is 3.78. The lowest BCUT2D eigenvalue weighted by molar-refractivity contribution is -0.127. The van der Waals surface area contributed by atoms with E-state index < -0.39 is 12.6 Å². The van der Waals surface area contributed by atoms with Crippen molar-refractivity contribution in [1.29, 1.82) is 0 Å². The van der Waals surface area contributed by atoms with Crippen LogP contribution >= 0.6 is 0 Å². The highest BCUT2D eigenvalue weighted by Crippen LogP contribution is 2.25. The van der Waals surface area contributed by atoms with Crippen molar-refractivity contribution in [3.05, 3.63) is 60.2 Å². The summed E-state index contributed by atoms with van der Waals surface area (Å²) in [5, 5.41) is 0. The molecule has 87 valence electrons. The molecule has 0 atom stereocenters. The fourth-order valence-electron chi connectivity index (χ4n) is 1.67. The topological polar surface area (TPSA) is 0 Å². The lowest BCUT2D eigenvalue weighted by Gasteiger charge is -2.08. The quantitative estimate of drug-likeness (QED) is 0.729. The SMILES string of the molecule is FC(F)(F)Cc1cccc(-c2cc[c]cc2)c1. The van der Waals surface area contributed by atoms with Gasteiger partial charge >= 0.3 is 6.18 Å². The second-order valence-electron chi connectivity index (χ2n) is 3.78. The summed E-state index contributed by atoms with van der Waals surface area (Å²) in [4.78, 5) is 0. The van der Waals surface area contributed by atoms with Crippen molar-refractivity contribution in [2.45, 2.75) is 12.6 Å². The molecule has 0 aromatic heterocycles. The molecule has 0 fully saturated rings. The van der Waals surface area contributed by atoms with Crippen LogP contribution in [0.15, 0.2) is 48.5 Å². The molecule has 0 spiro atoms. The minimum absolute atomic E-state index is 0.280. The third kappa shape index (κ3) is 3.34. The van der Waals surface area contributed by atoms with Crippen LogP contribution in [0.2, 0.25) is 0 Å². The highest BCUT2D eigenvalue weighted by molar-refractivity contribution is 5.63. The highest BCUT2D eigenvalue weighted by Gasteiger charge is 2.27. The molecular weight excluding hydrogens is 225 g/mol. The van der Waals surface area contributed by atoms with Gasteiger partial charge in [-0.3, -0.25) is 0 Å². The van der Waals surface area contributed by atoms with E-state index in [4.69, 9.17) is 0 Å². The Morgan fingerprint density at radius 2 is 1.65 bits per heavy atom. The van der Waals surface area contributed by atoms with Crippen LogP contribution in [0.4, 0.5) is 13.2 Å². The Balaban J connectivity index is 2.29. The Bertz CT molecular complexity index is 486. The fraction of sp³-hybridized carbons (Fsp3) is 0.143. The van der Waals surface area contributed by atoms with Crippen LogP contribution in [0, 0.1) is 6.07 Å². The van der Waals surface area contributed by atoms with Gasteiger partial charge in [0, 0.05) is 0 Å². The molecule has 2 rings (SSSR count). The summed E-state index contributed by atoms with van der Waals surface area (Å²) in [5.74, 6) is 0. The molecule has 2 aromatic carbocycles. The van der Waals surface area contributed by atoms with Crippen LogP contribution in [0.5, 0.6) is 0 Å². The molecule has 17 heavy (non-hydrogen) atoms. The highest BCUT2D eigenvalue weighted by atomic mass is 19.4. The predicted molar refractivity (Wildman–Crippen MR) is 60.5 cm³/mol. The lowest BCUT2D eigenvalue weighted by Crippen LogP contribution is -2.11. The molecule has 0 bridgehead atoms. The molecule has 0 aliphatic heterocycles. The average Bonchev–Trinajstić information content (AvgIpc) is 2.28. The molecule has 0 aliphatic carbocycles. The molecule has 0 aliphatic rings. The summed E-state index contributed by atoms with van der Waals surface area (Å²) in [6.45, 7) is 0. The summed E-state index contributed by atoms with van der Waals surface area (Å²) >= 11 is 0. The zero-order valence-electron chi connectivity index (χ0n) is 8.96. The maximum Gasteiger partial charge on any atom is 0.393 e. The third-order valence-corrected chi connectivity index (χ3v) is 2.38. The van der Waals surface area contributed by atoms with Gasteiger partial charge in [0.25, 0.3) is 0 Å². The Morgan fingerprint density at radius 3 is 2.29 bits per heavy atom. The van der Waals surface area contributed by atoms with Crippen LogP contribution in [0.1, 0.15) is 5.56 Å². The first kappa shape index (κ1) is 11.7. The zero-order valence-corrected chi connectivity index (χ0v) is 8.96. The summed E-state index contributed by atoms with van der Waals surface area (Å²) < 4.78 is 36.8. The molecule has 0 heterocycles. The number of hydrogen-bond donors (Lipinski definition) is 0. The first-order chi connectivity index (χ1) is 8.04. The molecule has 0 nitrogen and oxygen atoms in total. The van der Waals surface area contributed by atoms with Crippen LogP contribution < -0.4 is 0 Å². The predicted octanol–water partition coefficient (Wildman–Crippen LogP) is 4.26. The molecule has 3 heteroatoms. The number of halogens is 3. The maximum atomic E-state index is 12.3. The monoisotopic (exact) mass is 235 g/mol. The van der Waals surface area contributed by atoms with Gasteiger partial charge in [0.1, 0.15) is 0 Å². The minimum atomic E-state index is -4.16. The van der Waals surface area contributed by atoms with Crippen molar-refractivity contribution in [2.24, 2.45) is 0 Å². The fourth-order valence-corrected chi connectivity index (χ4v) is 1.67. The van der Waals surface area contributed by atoms with Crippen LogP contribution in [-0.2, 0) is 6.42 Å². The van der Waals surface area contributed by atoms with E-state index in [0.29, 0.717) is 0 Å². The largest absolute Gasteiger partial charge is 0.393 e. The molecular formula is C14H10F3. The average molecular weight is 235 g/mol. The third-order valence-electron chi connectivity index (χ3n) is 2.38. The number of benzene rings is 2. The van der Waals surface area contributed by atoms with Crippen molar-refractivity contribution in [1.82, 2.24) is 0 Å². The minimum Gasteiger partial charge on any atom is -0.171 e. The van der Waals surface area contributed by atoms with Crippen LogP contribution in [0.25, 0.3) is 11.1 Å². The number of rotatable bonds is 2.